The Balaban J connectivity index is 2.16. The average Bonchev–Trinajstić information content (AvgIpc) is 2.40. The molecular weight excluding hydrogens is 220 g/mol. The summed E-state index contributed by atoms with van der Waals surface area (Å²) in [7, 11) is 0. The number of benzene rings is 1. The Kier molecular flexibility index (Phi) is 4.08. The molecule has 1 fully saturated rings. The summed E-state index contributed by atoms with van der Waals surface area (Å²) in [6, 6.07) is 12.0. The standard InChI is InChI=1S/C16H26N2/c1-11-12(2)16(17)14(4)18(13(11)3)10-15-8-6-5-7-9-15/h5-9,11-14,16H,10,17H2,1-4H3/t11-,12+,13+,14-,16-/m0/s1. The van der Waals surface area contributed by atoms with Gasteiger partial charge in [-0.1, -0.05) is 44.2 Å². The lowest BCUT2D eigenvalue weighted by Gasteiger charge is -2.49. The summed E-state index contributed by atoms with van der Waals surface area (Å²) in [5.41, 5.74) is 7.76. The molecule has 0 spiro atoms. The third-order valence-corrected chi connectivity index (χ3v) is 5.01. The van der Waals surface area contributed by atoms with Crippen LogP contribution in [0.4, 0.5) is 0 Å². The number of hydrogen-bond acceptors (Lipinski definition) is 2. The van der Waals surface area contributed by atoms with Gasteiger partial charge in [0.15, 0.2) is 0 Å². The number of nitrogens with zero attached hydrogens (tertiary/aromatic N) is 1. The smallest absolute Gasteiger partial charge is 0.0240 e. The van der Waals surface area contributed by atoms with Crippen LogP contribution in [-0.2, 0) is 6.54 Å². The number of likely N-dealkylation sites (tertiary alicyclic amines) is 1. The summed E-state index contributed by atoms with van der Waals surface area (Å²) in [5.74, 6) is 1.25. The SMILES string of the molecule is C[C@@H]1[C@H](C)[C@@H](C)N(Cc2ccccc2)[C@@H](C)[C@H]1N. The van der Waals surface area contributed by atoms with Crippen molar-refractivity contribution in [1.82, 2.24) is 4.90 Å². The van der Waals surface area contributed by atoms with Crippen molar-refractivity contribution in [2.75, 3.05) is 0 Å². The Morgan fingerprint density at radius 2 is 1.56 bits per heavy atom. The van der Waals surface area contributed by atoms with Crippen LogP contribution in [0.1, 0.15) is 33.3 Å². The Hall–Kier alpha value is -0.860. The zero-order chi connectivity index (χ0) is 13.3. The highest BCUT2D eigenvalue weighted by Gasteiger charge is 2.39. The average molecular weight is 246 g/mol. The summed E-state index contributed by atoms with van der Waals surface area (Å²) in [6.07, 6.45) is 0. The molecule has 2 rings (SSSR count). The van der Waals surface area contributed by atoms with Crippen LogP contribution >= 0.6 is 0 Å². The molecule has 1 aliphatic rings. The minimum absolute atomic E-state index is 0.278. The molecule has 0 aliphatic carbocycles. The van der Waals surface area contributed by atoms with Crippen molar-refractivity contribution < 1.29 is 0 Å². The molecule has 1 saturated heterocycles. The zero-order valence-electron chi connectivity index (χ0n) is 12.0. The third kappa shape index (κ3) is 2.45. The Morgan fingerprint density at radius 3 is 2.17 bits per heavy atom. The maximum absolute atomic E-state index is 6.38. The van der Waals surface area contributed by atoms with Gasteiger partial charge in [-0.2, -0.15) is 0 Å². The van der Waals surface area contributed by atoms with Crippen molar-refractivity contribution in [3.8, 4) is 0 Å². The van der Waals surface area contributed by atoms with E-state index >= 15 is 0 Å². The van der Waals surface area contributed by atoms with Gasteiger partial charge < -0.3 is 5.73 Å². The molecule has 2 nitrogen and oxygen atoms in total. The van der Waals surface area contributed by atoms with E-state index < -0.39 is 0 Å². The Morgan fingerprint density at radius 1 is 0.944 bits per heavy atom. The largest absolute Gasteiger partial charge is 0.326 e. The van der Waals surface area contributed by atoms with Gasteiger partial charge in [-0.05, 0) is 31.2 Å². The number of piperidine rings is 1. The highest BCUT2D eigenvalue weighted by Crippen LogP contribution is 2.32. The molecule has 18 heavy (non-hydrogen) atoms. The van der Waals surface area contributed by atoms with E-state index in [1.165, 1.54) is 5.56 Å². The molecule has 1 aromatic carbocycles. The fraction of sp³-hybridized carbons (Fsp3) is 0.625. The summed E-state index contributed by atoms with van der Waals surface area (Å²) in [4.78, 5) is 2.56. The van der Waals surface area contributed by atoms with Crippen LogP contribution in [-0.4, -0.2) is 23.0 Å². The molecule has 0 bridgehead atoms. The second kappa shape index (κ2) is 5.41. The van der Waals surface area contributed by atoms with Crippen LogP contribution < -0.4 is 5.73 Å². The molecule has 0 amide bonds. The van der Waals surface area contributed by atoms with Crippen LogP contribution in [0.5, 0.6) is 0 Å². The van der Waals surface area contributed by atoms with Gasteiger partial charge >= 0.3 is 0 Å². The minimum Gasteiger partial charge on any atom is -0.326 e. The molecule has 100 valence electrons. The first-order valence-corrected chi connectivity index (χ1v) is 7.07. The van der Waals surface area contributed by atoms with Gasteiger partial charge in [0, 0.05) is 24.7 Å². The normalized spacial score (nSPS) is 37.7. The van der Waals surface area contributed by atoms with Crippen molar-refractivity contribution in [2.45, 2.75) is 52.4 Å². The Bertz CT molecular complexity index is 360. The minimum atomic E-state index is 0.278. The third-order valence-electron chi connectivity index (χ3n) is 5.01. The number of rotatable bonds is 2. The summed E-state index contributed by atoms with van der Waals surface area (Å²) < 4.78 is 0. The first-order chi connectivity index (χ1) is 8.52. The summed E-state index contributed by atoms with van der Waals surface area (Å²) >= 11 is 0. The van der Waals surface area contributed by atoms with Crippen molar-refractivity contribution in [1.29, 1.82) is 0 Å². The lowest BCUT2D eigenvalue weighted by molar-refractivity contribution is 0.00745. The maximum Gasteiger partial charge on any atom is 0.0240 e. The van der Waals surface area contributed by atoms with Crippen LogP contribution in [0.25, 0.3) is 0 Å². The topological polar surface area (TPSA) is 29.3 Å². The number of nitrogens with two attached hydrogens (primary N) is 1. The van der Waals surface area contributed by atoms with Crippen molar-refractivity contribution in [3.05, 3.63) is 35.9 Å². The van der Waals surface area contributed by atoms with E-state index in [0.717, 1.165) is 6.54 Å². The van der Waals surface area contributed by atoms with Crippen molar-refractivity contribution in [2.24, 2.45) is 17.6 Å². The molecule has 0 radical (unpaired) electrons. The van der Waals surface area contributed by atoms with E-state index in [-0.39, 0.29) is 6.04 Å². The second-order valence-corrected chi connectivity index (χ2v) is 5.93. The summed E-state index contributed by atoms with van der Waals surface area (Å²) in [5, 5.41) is 0. The molecule has 5 atom stereocenters. The quantitative estimate of drug-likeness (QED) is 0.869. The highest BCUT2D eigenvalue weighted by atomic mass is 15.2. The molecule has 1 aliphatic heterocycles. The predicted molar refractivity (Wildman–Crippen MR) is 77.2 cm³/mol. The Labute approximate surface area is 111 Å². The molecule has 0 unspecified atom stereocenters. The van der Waals surface area contributed by atoms with Gasteiger partial charge in [-0.25, -0.2) is 0 Å². The molecule has 2 heteroatoms. The monoisotopic (exact) mass is 246 g/mol. The van der Waals surface area contributed by atoms with Crippen LogP contribution in [0.15, 0.2) is 30.3 Å². The lowest BCUT2D eigenvalue weighted by atomic mass is 9.76. The van der Waals surface area contributed by atoms with Crippen molar-refractivity contribution in [3.63, 3.8) is 0 Å². The maximum atomic E-state index is 6.38. The van der Waals surface area contributed by atoms with Gasteiger partial charge in [0.25, 0.3) is 0 Å². The van der Waals surface area contributed by atoms with E-state index in [2.05, 4.69) is 62.9 Å². The van der Waals surface area contributed by atoms with E-state index in [9.17, 15) is 0 Å². The predicted octanol–water partition coefficient (Wildman–Crippen LogP) is 2.88. The summed E-state index contributed by atoms with van der Waals surface area (Å²) in [6.45, 7) is 10.2. The second-order valence-electron chi connectivity index (χ2n) is 5.93. The van der Waals surface area contributed by atoms with Gasteiger partial charge in [0.1, 0.15) is 0 Å². The molecule has 0 saturated carbocycles. The molecule has 0 aromatic heterocycles. The van der Waals surface area contributed by atoms with Gasteiger partial charge in [0.05, 0.1) is 0 Å². The number of hydrogen-bond donors (Lipinski definition) is 1. The first-order valence-electron chi connectivity index (χ1n) is 7.07. The van der Waals surface area contributed by atoms with Gasteiger partial charge in [-0.15, -0.1) is 0 Å². The fourth-order valence-electron chi connectivity index (χ4n) is 3.21. The van der Waals surface area contributed by atoms with Gasteiger partial charge in [0.2, 0.25) is 0 Å². The fourth-order valence-corrected chi connectivity index (χ4v) is 3.21. The van der Waals surface area contributed by atoms with E-state index in [1.807, 2.05) is 0 Å². The van der Waals surface area contributed by atoms with E-state index in [0.29, 0.717) is 23.9 Å². The highest BCUT2D eigenvalue weighted by molar-refractivity contribution is 5.15. The van der Waals surface area contributed by atoms with Gasteiger partial charge in [-0.3, -0.25) is 4.90 Å². The van der Waals surface area contributed by atoms with Crippen LogP contribution in [0, 0.1) is 11.8 Å². The zero-order valence-corrected chi connectivity index (χ0v) is 12.0. The van der Waals surface area contributed by atoms with E-state index in [1.54, 1.807) is 0 Å². The first kappa shape index (κ1) is 13.6. The molecular formula is C16H26N2. The molecule has 2 N–H and O–H groups in total. The van der Waals surface area contributed by atoms with E-state index in [4.69, 9.17) is 5.73 Å². The van der Waals surface area contributed by atoms with Crippen LogP contribution in [0.3, 0.4) is 0 Å². The van der Waals surface area contributed by atoms with Crippen molar-refractivity contribution >= 4 is 0 Å². The lowest BCUT2D eigenvalue weighted by Crippen LogP contribution is -2.60. The molecule has 1 heterocycles. The molecule has 1 aromatic rings. The van der Waals surface area contributed by atoms with Crippen LogP contribution in [0.2, 0.25) is 0 Å².